The topological polar surface area (TPSA) is 61.9 Å². The molecule has 0 radical (unpaired) electrons. The van der Waals surface area contributed by atoms with E-state index in [4.69, 9.17) is 4.74 Å². The number of carbonyl (C=O) groups excluding carboxylic acids is 2. The number of hydrogen-bond donors (Lipinski definition) is 1. The second kappa shape index (κ2) is 9.68. The zero-order chi connectivity index (χ0) is 22.6. The maximum absolute atomic E-state index is 13.0. The Bertz CT molecular complexity index is 1130. The van der Waals surface area contributed by atoms with Crippen LogP contribution in [-0.2, 0) is 9.53 Å². The lowest BCUT2D eigenvalue weighted by atomic mass is 10.1. The maximum atomic E-state index is 13.0. The van der Waals surface area contributed by atoms with E-state index in [1.807, 2.05) is 36.4 Å². The molecule has 2 amide bonds. The van der Waals surface area contributed by atoms with Gasteiger partial charge in [0, 0.05) is 35.8 Å². The van der Waals surface area contributed by atoms with Crippen molar-refractivity contribution in [1.29, 1.82) is 0 Å². The SMILES string of the molecule is O=C(CCN1c2ccccc2Sc2ccccc21)Nc1ccccc1C(=O)N1CCOCC1. The molecule has 168 valence electrons. The Labute approximate surface area is 197 Å². The fraction of sp³-hybridized carbons (Fsp3) is 0.231. The molecule has 33 heavy (non-hydrogen) atoms. The first kappa shape index (κ1) is 21.6. The van der Waals surface area contributed by atoms with Crippen molar-refractivity contribution in [3.05, 3.63) is 78.4 Å². The number of morpholine rings is 1. The summed E-state index contributed by atoms with van der Waals surface area (Å²) in [5, 5.41) is 2.97. The molecule has 2 heterocycles. The largest absolute Gasteiger partial charge is 0.378 e. The van der Waals surface area contributed by atoms with Gasteiger partial charge in [0.1, 0.15) is 0 Å². The normalized spacial score (nSPS) is 14.9. The first-order valence-electron chi connectivity index (χ1n) is 11.1. The Morgan fingerprint density at radius 1 is 0.848 bits per heavy atom. The van der Waals surface area contributed by atoms with Gasteiger partial charge >= 0.3 is 0 Å². The van der Waals surface area contributed by atoms with Crippen LogP contribution in [0.15, 0.2) is 82.6 Å². The Kier molecular flexibility index (Phi) is 6.32. The fourth-order valence-electron chi connectivity index (χ4n) is 4.16. The Morgan fingerprint density at radius 2 is 1.45 bits per heavy atom. The summed E-state index contributed by atoms with van der Waals surface area (Å²) in [6, 6.07) is 23.7. The van der Waals surface area contributed by atoms with Crippen LogP contribution in [0, 0.1) is 0 Å². The number of nitrogens with zero attached hydrogens (tertiary/aromatic N) is 2. The highest BCUT2D eigenvalue weighted by Crippen LogP contribution is 2.47. The minimum atomic E-state index is -0.120. The molecule has 1 fully saturated rings. The molecule has 3 aromatic rings. The molecular weight excluding hydrogens is 434 g/mol. The van der Waals surface area contributed by atoms with Gasteiger partial charge in [0.15, 0.2) is 0 Å². The zero-order valence-electron chi connectivity index (χ0n) is 18.2. The molecule has 7 heteroatoms. The van der Waals surface area contributed by atoms with E-state index in [1.54, 1.807) is 28.8 Å². The van der Waals surface area contributed by atoms with Gasteiger partial charge in [0.05, 0.1) is 35.8 Å². The number of carbonyl (C=O) groups is 2. The monoisotopic (exact) mass is 459 g/mol. The van der Waals surface area contributed by atoms with E-state index in [1.165, 1.54) is 9.79 Å². The molecule has 2 aliphatic heterocycles. The van der Waals surface area contributed by atoms with Crippen molar-refractivity contribution in [3.8, 4) is 0 Å². The summed E-state index contributed by atoms with van der Waals surface area (Å²) < 4.78 is 5.35. The second-order valence-electron chi connectivity index (χ2n) is 7.94. The van der Waals surface area contributed by atoms with Gasteiger partial charge in [-0.1, -0.05) is 48.2 Å². The summed E-state index contributed by atoms with van der Waals surface area (Å²) in [5.74, 6) is -0.199. The van der Waals surface area contributed by atoms with Crippen LogP contribution in [0.25, 0.3) is 0 Å². The first-order chi connectivity index (χ1) is 16.2. The third kappa shape index (κ3) is 4.60. The van der Waals surface area contributed by atoms with Crippen LogP contribution in [0.2, 0.25) is 0 Å². The lowest BCUT2D eigenvalue weighted by Crippen LogP contribution is -2.41. The predicted octanol–water partition coefficient (Wildman–Crippen LogP) is 4.79. The molecule has 1 N–H and O–H groups in total. The quantitative estimate of drug-likeness (QED) is 0.594. The van der Waals surface area contributed by atoms with Crippen LogP contribution in [-0.4, -0.2) is 49.6 Å². The van der Waals surface area contributed by atoms with Gasteiger partial charge in [0.2, 0.25) is 5.91 Å². The van der Waals surface area contributed by atoms with Gasteiger partial charge in [-0.15, -0.1) is 0 Å². The minimum absolute atomic E-state index is 0.0786. The highest BCUT2D eigenvalue weighted by Gasteiger charge is 2.24. The summed E-state index contributed by atoms with van der Waals surface area (Å²) in [4.78, 5) is 32.3. The van der Waals surface area contributed by atoms with Gasteiger partial charge in [-0.05, 0) is 36.4 Å². The highest BCUT2D eigenvalue weighted by atomic mass is 32.2. The van der Waals surface area contributed by atoms with Crippen molar-refractivity contribution in [2.24, 2.45) is 0 Å². The summed E-state index contributed by atoms with van der Waals surface area (Å²) >= 11 is 1.75. The van der Waals surface area contributed by atoms with Crippen molar-refractivity contribution in [1.82, 2.24) is 4.90 Å². The number of anilines is 3. The molecular formula is C26H25N3O3S. The molecule has 2 aliphatic rings. The van der Waals surface area contributed by atoms with Crippen LogP contribution < -0.4 is 10.2 Å². The van der Waals surface area contributed by atoms with E-state index < -0.39 is 0 Å². The number of nitrogens with one attached hydrogen (secondary N) is 1. The van der Waals surface area contributed by atoms with E-state index in [-0.39, 0.29) is 11.8 Å². The second-order valence-corrected chi connectivity index (χ2v) is 9.02. The average Bonchev–Trinajstić information content (AvgIpc) is 2.87. The molecule has 0 aliphatic carbocycles. The summed E-state index contributed by atoms with van der Waals surface area (Å²) in [6.45, 7) is 2.74. The van der Waals surface area contributed by atoms with Gasteiger partial charge < -0.3 is 19.9 Å². The Morgan fingerprint density at radius 3 is 2.15 bits per heavy atom. The van der Waals surface area contributed by atoms with Crippen molar-refractivity contribution < 1.29 is 14.3 Å². The van der Waals surface area contributed by atoms with Crippen molar-refractivity contribution >= 4 is 40.6 Å². The third-order valence-corrected chi connectivity index (χ3v) is 6.95. The van der Waals surface area contributed by atoms with Gasteiger partial charge in [-0.3, -0.25) is 9.59 Å². The summed E-state index contributed by atoms with van der Waals surface area (Å²) in [5.41, 5.74) is 3.28. The first-order valence-corrected chi connectivity index (χ1v) is 11.9. The van der Waals surface area contributed by atoms with E-state index in [0.717, 1.165) is 11.4 Å². The summed E-state index contributed by atoms with van der Waals surface area (Å²) in [6.07, 6.45) is 0.299. The molecule has 6 nitrogen and oxygen atoms in total. The number of para-hydroxylation sites is 3. The van der Waals surface area contributed by atoms with E-state index in [9.17, 15) is 9.59 Å². The number of hydrogen-bond acceptors (Lipinski definition) is 5. The number of benzene rings is 3. The van der Waals surface area contributed by atoms with Crippen LogP contribution in [0.1, 0.15) is 16.8 Å². The maximum Gasteiger partial charge on any atom is 0.256 e. The van der Waals surface area contributed by atoms with Crippen LogP contribution in [0.3, 0.4) is 0 Å². The Hall–Kier alpha value is -3.29. The lowest BCUT2D eigenvalue weighted by molar-refractivity contribution is -0.116. The molecule has 1 saturated heterocycles. The predicted molar refractivity (Wildman–Crippen MR) is 130 cm³/mol. The molecule has 5 rings (SSSR count). The standard InChI is InChI=1S/C26H25N3O3S/c30-25(27-20-8-2-1-7-19(20)26(31)28-15-17-32-18-16-28)13-14-29-21-9-3-5-11-23(21)33-24-12-6-4-10-22(24)29/h1-12H,13-18H2,(H,27,30). The van der Waals surface area contributed by atoms with E-state index >= 15 is 0 Å². The number of ether oxygens (including phenoxy) is 1. The van der Waals surface area contributed by atoms with Crippen molar-refractivity contribution in [3.63, 3.8) is 0 Å². The highest BCUT2D eigenvalue weighted by molar-refractivity contribution is 7.99. The number of amides is 2. The van der Waals surface area contributed by atoms with Crippen LogP contribution >= 0.6 is 11.8 Å². The van der Waals surface area contributed by atoms with Gasteiger partial charge in [-0.2, -0.15) is 0 Å². The molecule has 0 saturated carbocycles. The lowest BCUT2D eigenvalue weighted by Gasteiger charge is -2.32. The molecule has 0 bridgehead atoms. The van der Waals surface area contributed by atoms with E-state index in [2.05, 4.69) is 34.5 Å². The third-order valence-electron chi connectivity index (χ3n) is 5.82. The Balaban J connectivity index is 1.30. The molecule has 0 unspecified atom stereocenters. The van der Waals surface area contributed by atoms with Crippen molar-refractivity contribution in [2.75, 3.05) is 43.1 Å². The molecule has 0 spiro atoms. The average molecular weight is 460 g/mol. The summed E-state index contributed by atoms with van der Waals surface area (Å²) in [7, 11) is 0. The number of fused-ring (bicyclic) bond motifs is 2. The molecule has 0 aromatic heterocycles. The smallest absolute Gasteiger partial charge is 0.256 e. The van der Waals surface area contributed by atoms with Gasteiger partial charge in [0.25, 0.3) is 5.91 Å². The minimum Gasteiger partial charge on any atom is -0.378 e. The van der Waals surface area contributed by atoms with Gasteiger partial charge in [-0.25, -0.2) is 0 Å². The molecule has 0 atom stereocenters. The number of rotatable bonds is 5. The fourth-order valence-corrected chi connectivity index (χ4v) is 5.26. The van der Waals surface area contributed by atoms with Crippen molar-refractivity contribution in [2.45, 2.75) is 16.2 Å². The van der Waals surface area contributed by atoms with Crippen LogP contribution in [0.4, 0.5) is 17.1 Å². The van der Waals surface area contributed by atoms with Crippen LogP contribution in [0.5, 0.6) is 0 Å². The molecule has 3 aromatic carbocycles. The van der Waals surface area contributed by atoms with E-state index in [0.29, 0.717) is 50.5 Å². The zero-order valence-corrected chi connectivity index (χ0v) is 19.0.